The maximum atomic E-state index is 5.44. The third kappa shape index (κ3) is 2.72. The highest BCUT2D eigenvalue weighted by molar-refractivity contribution is 5.78. The molecule has 0 heterocycles. The molecule has 1 rings (SSSR count). The molecule has 1 aliphatic carbocycles. The molecule has 7 nitrogen and oxygen atoms in total. The first kappa shape index (κ1) is 10.0. The molecule has 1 aliphatic rings. The van der Waals surface area contributed by atoms with Gasteiger partial charge in [-0.15, -0.1) is 5.10 Å². The van der Waals surface area contributed by atoms with Crippen molar-refractivity contribution >= 4 is 5.96 Å². The Balaban J connectivity index is 2.25. The van der Waals surface area contributed by atoms with Crippen LogP contribution >= 0.6 is 0 Å². The summed E-state index contributed by atoms with van der Waals surface area (Å²) in [6.07, 6.45) is 1.94. The summed E-state index contributed by atoms with van der Waals surface area (Å²) in [7, 11) is 0. The lowest BCUT2D eigenvalue weighted by molar-refractivity contribution is 0.0103. The molecule has 0 spiro atoms. The second kappa shape index (κ2) is 4.26. The van der Waals surface area contributed by atoms with Crippen molar-refractivity contribution in [3.63, 3.8) is 0 Å². The standard InChI is InChI=1S/C6H16N6O/c1-2-13-6(3-4-6)12-11-5(9-7)10-8/h12H,2-4,7-8H2,1H3,(H2,9,10,11). The summed E-state index contributed by atoms with van der Waals surface area (Å²) in [5.41, 5.74) is 7.70. The summed E-state index contributed by atoms with van der Waals surface area (Å²) < 4.78 is 5.44. The molecule has 0 radical (unpaired) electrons. The Morgan fingerprint density at radius 2 is 2.31 bits per heavy atom. The predicted molar refractivity (Wildman–Crippen MR) is 48.8 cm³/mol. The van der Waals surface area contributed by atoms with E-state index in [9.17, 15) is 0 Å². The van der Waals surface area contributed by atoms with Gasteiger partial charge >= 0.3 is 0 Å². The summed E-state index contributed by atoms with van der Waals surface area (Å²) in [4.78, 5) is 0. The lowest BCUT2D eigenvalue weighted by Gasteiger charge is -2.18. The van der Waals surface area contributed by atoms with Gasteiger partial charge in [0.2, 0.25) is 5.96 Å². The van der Waals surface area contributed by atoms with Crippen molar-refractivity contribution in [2.45, 2.75) is 25.5 Å². The fourth-order valence-electron chi connectivity index (χ4n) is 0.974. The van der Waals surface area contributed by atoms with Gasteiger partial charge in [-0.1, -0.05) is 0 Å². The Kier molecular flexibility index (Phi) is 3.29. The van der Waals surface area contributed by atoms with Gasteiger partial charge in [-0.3, -0.25) is 10.9 Å². The highest BCUT2D eigenvalue weighted by atomic mass is 16.5. The summed E-state index contributed by atoms with van der Waals surface area (Å²) >= 11 is 0. The molecule has 0 aromatic heterocycles. The van der Waals surface area contributed by atoms with Crippen LogP contribution in [-0.4, -0.2) is 18.3 Å². The monoisotopic (exact) mass is 188 g/mol. The average Bonchev–Trinajstić information content (AvgIpc) is 2.88. The summed E-state index contributed by atoms with van der Waals surface area (Å²) in [6, 6.07) is 0. The largest absolute Gasteiger partial charge is 0.359 e. The van der Waals surface area contributed by atoms with E-state index in [2.05, 4.69) is 21.4 Å². The zero-order valence-corrected chi connectivity index (χ0v) is 7.63. The molecule has 1 saturated carbocycles. The molecule has 0 unspecified atom stereocenters. The van der Waals surface area contributed by atoms with Gasteiger partial charge in [0.15, 0.2) is 0 Å². The van der Waals surface area contributed by atoms with Crippen molar-refractivity contribution < 1.29 is 4.74 Å². The van der Waals surface area contributed by atoms with E-state index in [4.69, 9.17) is 16.4 Å². The maximum absolute atomic E-state index is 5.44. The number of rotatable bonds is 4. The Morgan fingerprint density at radius 1 is 1.62 bits per heavy atom. The molecule has 0 aromatic carbocycles. The van der Waals surface area contributed by atoms with Gasteiger partial charge in [0.1, 0.15) is 5.72 Å². The first-order valence-corrected chi connectivity index (χ1v) is 4.18. The molecule has 0 saturated heterocycles. The zero-order valence-electron chi connectivity index (χ0n) is 7.63. The molecule has 0 amide bonds. The smallest absolute Gasteiger partial charge is 0.242 e. The van der Waals surface area contributed by atoms with Crippen molar-refractivity contribution in [3.8, 4) is 0 Å². The van der Waals surface area contributed by atoms with Crippen LogP contribution < -0.4 is 28.0 Å². The molecule has 0 aromatic rings. The SMILES string of the molecule is CCOC1(NN/C(=N/N)NN)CC1. The Bertz CT molecular complexity index is 190. The first-order chi connectivity index (χ1) is 6.26. The van der Waals surface area contributed by atoms with Crippen LogP contribution in [0.15, 0.2) is 5.10 Å². The predicted octanol–water partition coefficient (Wildman–Crippen LogP) is -1.70. The van der Waals surface area contributed by atoms with Crippen LogP contribution in [-0.2, 0) is 4.74 Å². The molecule has 7 N–H and O–H groups in total. The number of nitrogens with one attached hydrogen (secondary N) is 3. The number of hydrogen-bond acceptors (Lipinski definition) is 5. The molecular formula is C6H16N6O. The maximum Gasteiger partial charge on any atom is 0.242 e. The number of nitrogens with zero attached hydrogens (tertiary/aromatic N) is 1. The zero-order chi connectivity index (χ0) is 9.73. The number of hydrazone groups is 1. The second-order valence-electron chi connectivity index (χ2n) is 2.80. The third-order valence-corrected chi connectivity index (χ3v) is 1.80. The molecule has 76 valence electrons. The van der Waals surface area contributed by atoms with Crippen molar-refractivity contribution in [1.82, 2.24) is 16.3 Å². The highest BCUT2D eigenvalue weighted by Gasteiger charge is 2.43. The topological polar surface area (TPSA) is 110 Å². The Morgan fingerprint density at radius 3 is 2.69 bits per heavy atom. The van der Waals surface area contributed by atoms with Gasteiger partial charge < -0.3 is 10.6 Å². The van der Waals surface area contributed by atoms with Gasteiger partial charge in [-0.05, 0) is 19.8 Å². The van der Waals surface area contributed by atoms with Crippen molar-refractivity contribution in [2.24, 2.45) is 16.8 Å². The first-order valence-electron chi connectivity index (χ1n) is 4.18. The minimum atomic E-state index is -0.262. The Hall–Kier alpha value is -1.05. The summed E-state index contributed by atoms with van der Waals surface area (Å²) in [5, 5.41) is 3.35. The van der Waals surface area contributed by atoms with Gasteiger partial charge in [0.05, 0.1) is 0 Å². The summed E-state index contributed by atoms with van der Waals surface area (Å²) in [6.45, 7) is 2.61. The summed E-state index contributed by atoms with van der Waals surface area (Å²) in [5.74, 6) is 10.4. The number of nitrogens with two attached hydrogens (primary N) is 2. The quantitative estimate of drug-likeness (QED) is 0.118. The molecule has 0 bridgehead atoms. The molecule has 0 aliphatic heterocycles. The van der Waals surface area contributed by atoms with Crippen LogP contribution in [0.3, 0.4) is 0 Å². The number of hydrogen-bond donors (Lipinski definition) is 5. The Labute approximate surface area is 76.8 Å². The van der Waals surface area contributed by atoms with Gasteiger partial charge in [0, 0.05) is 6.61 Å². The van der Waals surface area contributed by atoms with Crippen LogP contribution in [0.1, 0.15) is 19.8 Å². The fourth-order valence-corrected chi connectivity index (χ4v) is 0.974. The van der Waals surface area contributed by atoms with Gasteiger partial charge in [-0.2, -0.15) is 0 Å². The van der Waals surface area contributed by atoms with Crippen molar-refractivity contribution in [1.29, 1.82) is 0 Å². The van der Waals surface area contributed by atoms with E-state index in [1.165, 1.54) is 0 Å². The van der Waals surface area contributed by atoms with Crippen LogP contribution in [0.25, 0.3) is 0 Å². The van der Waals surface area contributed by atoms with E-state index in [1.54, 1.807) is 0 Å². The van der Waals surface area contributed by atoms with Crippen molar-refractivity contribution in [2.75, 3.05) is 6.61 Å². The van der Waals surface area contributed by atoms with Gasteiger partial charge in [-0.25, -0.2) is 11.3 Å². The number of ether oxygens (including phenoxy) is 1. The van der Waals surface area contributed by atoms with E-state index >= 15 is 0 Å². The molecular weight excluding hydrogens is 172 g/mol. The van der Waals surface area contributed by atoms with Crippen LogP contribution in [0, 0.1) is 0 Å². The highest BCUT2D eigenvalue weighted by Crippen LogP contribution is 2.35. The minimum absolute atomic E-state index is 0.262. The van der Waals surface area contributed by atoms with E-state index in [1.807, 2.05) is 6.92 Å². The third-order valence-electron chi connectivity index (χ3n) is 1.80. The molecule has 1 fully saturated rings. The van der Waals surface area contributed by atoms with Crippen LogP contribution in [0.5, 0.6) is 0 Å². The van der Waals surface area contributed by atoms with Gasteiger partial charge in [0.25, 0.3) is 0 Å². The lowest BCUT2D eigenvalue weighted by atomic mass is 10.6. The molecule has 7 heteroatoms. The van der Waals surface area contributed by atoms with Crippen LogP contribution in [0.2, 0.25) is 0 Å². The van der Waals surface area contributed by atoms with Crippen LogP contribution in [0.4, 0.5) is 0 Å². The second-order valence-corrected chi connectivity index (χ2v) is 2.80. The van der Waals surface area contributed by atoms with E-state index in [-0.39, 0.29) is 11.7 Å². The molecule has 0 atom stereocenters. The number of guanidine groups is 1. The fraction of sp³-hybridized carbons (Fsp3) is 0.833. The normalized spacial score (nSPS) is 19.7. The average molecular weight is 188 g/mol. The minimum Gasteiger partial charge on any atom is -0.359 e. The van der Waals surface area contributed by atoms with E-state index < -0.39 is 0 Å². The lowest BCUT2D eigenvalue weighted by Crippen LogP contribution is -2.53. The van der Waals surface area contributed by atoms with Crippen molar-refractivity contribution in [3.05, 3.63) is 0 Å². The van der Waals surface area contributed by atoms with E-state index in [0.717, 1.165) is 12.8 Å². The van der Waals surface area contributed by atoms with E-state index in [0.29, 0.717) is 6.61 Å². The molecule has 13 heavy (non-hydrogen) atoms. The number of hydrazine groups is 2.